The van der Waals surface area contributed by atoms with Crippen LogP contribution in [-0.2, 0) is 25.9 Å². The van der Waals surface area contributed by atoms with Gasteiger partial charge in [0.05, 0.1) is 5.69 Å². The van der Waals surface area contributed by atoms with Crippen LogP contribution in [0.4, 0.5) is 5.82 Å². The maximum Gasteiger partial charge on any atom is 0.266 e. The fourth-order valence-corrected chi connectivity index (χ4v) is 3.95. The summed E-state index contributed by atoms with van der Waals surface area (Å²) in [6.45, 7) is 9.64. The molecule has 4 rings (SSSR count). The lowest BCUT2D eigenvalue weighted by Crippen LogP contribution is -2.46. The zero-order valence-corrected chi connectivity index (χ0v) is 15.7. The second-order valence-corrected chi connectivity index (χ2v) is 7.85. The van der Waals surface area contributed by atoms with Crippen LogP contribution in [0.25, 0.3) is 0 Å². The zero-order valence-electron chi connectivity index (χ0n) is 15.7. The van der Waals surface area contributed by atoms with Gasteiger partial charge in [-0.2, -0.15) is 10.2 Å². The zero-order chi connectivity index (χ0) is 18.1. The lowest BCUT2D eigenvalue weighted by atomic mass is 10.2. The Labute approximate surface area is 154 Å². The van der Waals surface area contributed by atoms with Crippen molar-refractivity contribution >= 4 is 5.82 Å². The molecule has 140 valence electrons. The topological polar surface area (TPSA) is 70.1 Å². The Bertz CT molecular complexity index is 816. The molecule has 0 amide bonds. The van der Waals surface area contributed by atoms with E-state index in [0.717, 1.165) is 45.0 Å². The van der Waals surface area contributed by atoms with Crippen molar-refractivity contribution in [2.75, 3.05) is 31.1 Å². The molecule has 2 aromatic heterocycles. The smallest absolute Gasteiger partial charge is 0.266 e. The Hall–Kier alpha value is -2.15. The van der Waals surface area contributed by atoms with E-state index in [-0.39, 0.29) is 5.56 Å². The third kappa shape index (κ3) is 3.53. The van der Waals surface area contributed by atoms with Crippen LogP contribution in [0.1, 0.15) is 37.2 Å². The summed E-state index contributed by atoms with van der Waals surface area (Å²) < 4.78 is 1.60. The molecule has 26 heavy (non-hydrogen) atoms. The van der Waals surface area contributed by atoms with E-state index in [1.54, 1.807) is 10.7 Å². The third-order valence-corrected chi connectivity index (χ3v) is 5.35. The van der Waals surface area contributed by atoms with Gasteiger partial charge < -0.3 is 4.90 Å². The van der Waals surface area contributed by atoms with Crippen molar-refractivity contribution < 1.29 is 0 Å². The number of hydrogen-bond donors (Lipinski definition) is 1. The summed E-state index contributed by atoms with van der Waals surface area (Å²) in [7, 11) is 0. The molecule has 0 aromatic carbocycles. The van der Waals surface area contributed by atoms with Gasteiger partial charge in [-0.15, -0.1) is 0 Å². The molecule has 1 aliphatic heterocycles. The highest BCUT2D eigenvalue weighted by Crippen LogP contribution is 2.24. The second-order valence-electron chi connectivity index (χ2n) is 7.85. The van der Waals surface area contributed by atoms with Gasteiger partial charge in [-0.1, -0.05) is 13.8 Å². The number of aromatic nitrogens is 4. The number of aryl methyl sites for hydroxylation is 1. The monoisotopic (exact) mass is 356 g/mol. The molecule has 0 saturated carbocycles. The first-order valence-electron chi connectivity index (χ1n) is 9.70. The van der Waals surface area contributed by atoms with E-state index < -0.39 is 0 Å². The first-order chi connectivity index (χ1) is 12.6. The number of nitrogens with one attached hydrogen (secondary N) is 1. The molecule has 1 fully saturated rings. The summed E-state index contributed by atoms with van der Waals surface area (Å²) in [5.41, 5.74) is 4.01. The molecular formula is C19H28N6O. The average Bonchev–Trinajstić information content (AvgIpc) is 3.22. The van der Waals surface area contributed by atoms with Crippen LogP contribution in [-0.4, -0.2) is 51.1 Å². The van der Waals surface area contributed by atoms with Gasteiger partial charge in [-0.05, 0) is 36.8 Å². The van der Waals surface area contributed by atoms with Gasteiger partial charge in [0.2, 0.25) is 0 Å². The molecule has 1 aliphatic carbocycles. The van der Waals surface area contributed by atoms with E-state index in [1.807, 2.05) is 6.07 Å². The molecule has 2 aliphatic rings. The molecule has 0 unspecified atom stereocenters. The molecule has 0 spiro atoms. The number of piperazine rings is 1. The quantitative estimate of drug-likeness (QED) is 0.878. The van der Waals surface area contributed by atoms with Crippen LogP contribution >= 0.6 is 0 Å². The minimum atomic E-state index is -0.0199. The lowest BCUT2D eigenvalue weighted by Gasteiger charge is -2.35. The summed E-state index contributed by atoms with van der Waals surface area (Å²) in [5.74, 6) is 1.31. The standard InChI is InChI=1S/C19H28N6O/c1-14(2)12-25-19(26)7-6-18(22-25)24-10-8-23(9-11-24)13-17-15-4-3-5-16(15)20-21-17/h6-7,14H,3-5,8-13H2,1-2H3,(H,20,21). The Balaban J connectivity index is 1.38. The van der Waals surface area contributed by atoms with Gasteiger partial charge in [-0.3, -0.25) is 14.8 Å². The minimum Gasteiger partial charge on any atom is -0.353 e. The minimum absolute atomic E-state index is 0.0199. The lowest BCUT2D eigenvalue weighted by molar-refractivity contribution is 0.245. The number of hydrogen-bond acceptors (Lipinski definition) is 5. The Kier molecular flexibility index (Phi) is 4.80. The highest BCUT2D eigenvalue weighted by molar-refractivity contribution is 5.37. The molecular weight excluding hydrogens is 328 g/mol. The van der Waals surface area contributed by atoms with E-state index in [2.05, 4.69) is 38.9 Å². The second kappa shape index (κ2) is 7.23. The molecule has 7 nitrogen and oxygen atoms in total. The average molecular weight is 356 g/mol. The van der Waals surface area contributed by atoms with Crippen molar-refractivity contribution in [3.63, 3.8) is 0 Å². The van der Waals surface area contributed by atoms with Gasteiger partial charge in [0.1, 0.15) is 5.82 Å². The number of rotatable bonds is 5. The predicted octanol–water partition coefficient (Wildman–Crippen LogP) is 1.43. The summed E-state index contributed by atoms with van der Waals surface area (Å²) in [5, 5.41) is 12.3. The van der Waals surface area contributed by atoms with Crippen molar-refractivity contribution in [2.24, 2.45) is 5.92 Å². The van der Waals surface area contributed by atoms with Crippen molar-refractivity contribution in [2.45, 2.75) is 46.2 Å². The van der Waals surface area contributed by atoms with E-state index in [4.69, 9.17) is 0 Å². The normalized spacial score (nSPS) is 17.9. The Morgan fingerprint density at radius 3 is 2.73 bits per heavy atom. The molecule has 1 saturated heterocycles. The number of nitrogens with zero attached hydrogens (tertiary/aromatic N) is 5. The molecule has 2 aromatic rings. The van der Waals surface area contributed by atoms with Gasteiger partial charge in [0.15, 0.2) is 0 Å². The van der Waals surface area contributed by atoms with Crippen molar-refractivity contribution in [3.8, 4) is 0 Å². The van der Waals surface area contributed by atoms with Crippen LogP contribution < -0.4 is 10.5 Å². The van der Waals surface area contributed by atoms with E-state index in [0.29, 0.717) is 12.5 Å². The molecule has 0 radical (unpaired) electrons. The van der Waals surface area contributed by atoms with Crippen LogP contribution in [0.3, 0.4) is 0 Å². The van der Waals surface area contributed by atoms with Crippen LogP contribution in [0, 0.1) is 5.92 Å². The number of fused-ring (bicyclic) bond motifs is 1. The summed E-state index contributed by atoms with van der Waals surface area (Å²) in [6, 6.07) is 3.50. The molecule has 0 atom stereocenters. The predicted molar refractivity (Wildman–Crippen MR) is 101 cm³/mol. The fraction of sp³-hybridized carbons (Fsp3) is 0.632. The Morgan fingerprint density at radius 1 is 1.15 bits per heavy atom. The Morgan fingerprint density at radius 2 is 1.96 bits per heavy atom. The van der Waals surface area contributed by atoms with Gasteiger partial charge >= 0.3 is 0 Å². The van der Waals surface area contributed by atoms with Crippen molar-refractivity contribution in [1.29, 1.82) is 0 Å². The summed E-state index contributed by atoms with van der Waals surface area (Å²) >= 11 is 0. The van der Waals surface area contributed by atoms with Crippen LogP contribution in [0.2, 0.25) is 0 Å². The number of H-pyrrole nitrogens is 1. The number of anilines is 1. The van der Waals surface area contributed by atoms with Crippen molar-refractivity contribution in [3.05, 3.63) is 39.4 Å². The van der Waals surface area contributed by atoms with E-state index in [9.17, 15) is 4.79 Å². The largest absolute Gasteiger partial charge is 0.353 e. The van der Waals surface area contributed by atoms with Gasteiger partial charge in [0.25, 0.3) is 5.56 Å². The van der Waals surface area contributed by atoms with Crippen molar-refractivity contribution in [1.82, 2.24) is 24.9 Å². The maximum atomic E-state index is 12.0. The van der Waals surface area contributed by atoms with E-state index in [1.165, 1.54) is 29.8 Å². The first kappa shape index (κ1) is 17.3. The number of aromatic amines is 1. The van der Waals surface area contributed by atoms with Gasteiger partial charge in [-0.25, -0.2) is 4.68 Å². The van der Waals surface area contributed by atoms with Crippen LogP contribution in [0.15, 0.2) is 16.9 Å². The first-order valence-corrected chi connectivity index (χ1v) is 9.70. The van der Waals surface area contributed by atoms with Gasteiger partial charge in [0, 0.05) is 51.0 Å². The fourth-order valence-electron chi connectivity index (χ4n) is 3.95. The molecule has 0 bridgehead atoms. The SMILES string of the molecule is CC(C)Cn1nc(N2CCN(Cc3n[nH]c4c3CCC4)CC2)ccc1=O. The van der Waals surface area contributed by atoms with E-state index >= 15 is 0 Å². The summed E-state index contributed by atoms with van der Waals surface area (Å²) in [4.78, 5) is 16.7. The molecule has 7 heteroatoms. The highest BCUT2D eigenvalue weighted by atomic mass is 16.1. The molecule has 1 N–H and O–H groups in total. The highest BCUT2D eigenvalue weighted by Gasteiger charge is 2.23. The van der Waals surface area contributed by atoms with Crippen LogP contribution in [0.5, 0.6) is 0 Å². The third-order valence-electron chi connectivity index (χ3n) is 5.35. The maximum absolute atomic E-state index is 12.0. The molecule has 3 heterocycles. The summed E-state index contributed by atoms with van der Waals surface area (Å²) in [6.07, 6.45) is 3.57.